The fourth-order valence-corrected chi connectivity index (χ4v) is 3.72. The fraction of sp³-hybridized carbons (Fsp3) is 0.333. The molecule has 0 aliphatic carbocycles. The molecule has 0 saturated heterocycles. The number of benzene rings is 1. The normalized spacial score (nSPS) is 12.1. The van der Waals surface area contributed by atoms with Crippen LogP contribution in [0.3, 0.4) is 0 Å². The highest BCUT2D eigenvalue weighted by molar-refractivity contribution is 5.98. The molecule has 1 amide bonds. The van der Waals surface area contributed by atoms with Gasteiger partial charge in [-0.1, -0.05) is 0 Å². The van der Waals surface area contributed by atoms with Gasteiger partial charge in [0.25, 0.3) is 0 Å². The molecule has 0 unspecified atom stereocenters. The van der Waals surface area contributed by atoms with E-state index in [0.717, 1.165) is 10.9 Å². The van der Waals surface area contributed by atoms with Gasteiger partial charge in [0.1, 0.15) is 23.5 Å². The summed E-state index contributed by atoms with van der Waals surface area (Å²) >= 11 is 0. The summed E-state index contributed by atoms with van der Waals surface area (Å²) in [6.45, 7) is 3.40. The summed E-state index contributed by atoms with van der Waals surface area (Å²) in [5.74, 6) is 0.538. The van der Waals surface area contributed by atoms with E-state index in [9.17, 15) is 18.0 Å². The summed E-state index contributed by atoms with van der Waals surface area (Å²) in [5, 5.41) is 6.19. The molecule has 12 heteroatoms. The molecule has 3 heterocycles. The number of hydrogen-bond acceptors (Lipinski definition) is 7. The van der Waals surface area contributed by atoms with Crippen LogP contribution in [0.5, 0.6) is 11.5 Å². The van der Waals surface area contributed by atoms with Crippen LogP contribution in [0, 0.1) is 6.92 Å². The lowest BCUT2D eigenvalue weighted by Crippen LogP contribution is -2.50. The van der Waals surface area contributed by atoms with Crippen molar-refractivity contribution >= 4 is 33.7 Å². The van der Waals surface area contributed by atoms with Crippen molar-refractivity contribution in [2.45, 2.75) is 32.5 Å². The Kier molecular flexibility index (Phi) is 6.37. The summed E-state index contributed by atoms with van der Waals surface area (Å²) in [7, 11) is 2.97. The number of nitrogens with one attached hydrogen (secondary N) is 3. The quantitative estimate of drug-likeness (QED) is 0.344. The maximum Gasteiger partial charge on any atom is 0.405 e. The van der Waals surface area contributed by atoms with Crippen molar-refractivity contribution in [2.75, 3.05) is 26.1 Å². The minimum Gasteiger partial charge on any atom is -0.493 e. The van der Waals surface area contributed by atoms with Gasteiger partial charge in [-0.15, -0.1) is 0 Å². The van der Waals surface area contributed by atoms with Gasteiger partial charge in [0, 0.05) is 34.8 Å². The zero-order valence-electron chi connectivity index (χ0n) is 20.3. The van der Waals surface area contributed by atoms with Crippen LogP contribution >= 0.6 is 0 Å². The number of nitrogens with zero attached hydrogens (tertiary/aromatic N) is 3. The van der Waals surface area contributed by atoms with E-state index in [2.05, 4.69) is 20.3 Å². The third-order valence-electron chi connectivity index (χ3n) is 5.56. The number of ether oxygens (including phenoxy) is 2. The number of amides is 1. The minimum absolute atomic E-state index is 0.234. The van der Waals surface area contributed by atoms with Crippen LogP contribution in [0.25, 0.3) is 33.3 Å². The van der Waals surface area contributed by atoms with Gasteiger partial charge in [-0.25, -0.2) is 15.0 Å². The van der Waals surface area contributed by atoms with Crippen LogP contribution in [-0.4, -0.2) is 58.3 Å². The molecule has 4 aromatic rings. The maximum atomic E-state index is 12.7. The number of alkyl halides is 3. The van der Waals surface area contributed by atoms with E-state index in [1.807, 2.05) is 18.3 Å². The average molecular weight is 502 g/mol. The molecule has 0 spiro atoms. The van der Waals surface area contributed by atoms with Gasteiger partial charge in [-0.3, -0.25) is 4.79 Å². The first kappa shape index (κ1) is 25.0. The largest absolute Gasteiger partial charge is 0.493 e. The van der Waals surface area contributed by atoms with Gasteiger partial charge in [0.15, 0.2) is 17.3 Å². The van der Waals surface area contributed by atoms with Crippen LogP contribution in [0.15, 0.2) is 30.6 Å². The highest BCUT2D eigenvalue weighted by atomic mass is 19.4. The Morgan fingerprint density at radius 1 is 1.06 bits per heavy atom. The molecule has 9 nitrogen and oxygen atoms in total. The van der Waals surface area contributed by atoms with Crippen molar-refractivity contribution in [2.24, 2.45) is 0 Å². The third kappa shape index (κ3) is 4.97. The number of carbonyl (C=O) groups excluding carboxylic acids is 1. The summed E-state index contributed by atoms with van der Waals surface area (Å²) in [5.41, 5.74) is 1.28. The number of rotatable bonds is 7. The lowest BCUT2D eigenvalue weighted by atomic mass is 10.0. The first-order valence-corrected chi connectivity index (χ1v) is 10.9. The molecule has 36 heavy (non-hydrogen) atoms. The van der Waals surface area contributed by atoms with Crippen LogP contribution in [-0.2, 0) is 4.79 Å². The molecule has 1 aromatic carbocycles. The second kappa shape index (κ2) is 9.17. The number of aromatic nitrogens is 4. The Morgan fingerprint density at radius 3 is 2.42 bits per heavy atom. The van der Waals surface area contributed by atoms with Crippen LogP contribution < -0.4 is 20.1 Å². The molecule has 0 saturated carbocycles. The van der Waals surface area contributed by atoms with Crippen LogP contribution in [0.4, 0.5) is 19.0 Å². The number of pyridine rings is 1. The first-order chi connectivity index (χ1) is 16.9. The van der Waals surface area contributed by atoms with Gasteiger partial charge in [0.05, 0.1) is 19.7 Å². The number of H-pyrrole nitrogens is 1. The number of anilines is 1. The molecular weight excluding hydrogens is 477 g/mol. The van der Waals surface area contributed by atoms with Crippen molar-refractivity contribution in [3.05, 3.63) is 36.2 Å². The SMILES string of the molecule is COc1cc2nc(-c3c[nH]c4ncc(C)cc34)nc(NC(C)(C)C(=O)NCC(F)(F)F)c2cc1OC. The average Bonchev–Trinajstić information content (AvgIpc) is 3.23. The van der Waals surface area contributed by atoms with E-state index in [0.29, 0.717) is 39.4 Å². The standard InChI is InChI=1S/C24H25F3N6O3/c1-12-6-13-15(10-29-19(13)28-9-12)20-31-16-8-18(36-5)17(35-4)7-14(16)21(32-20)33-23(2,3)22(34)30-11-24(25,26)27/h6-10H,11H2,1-5H3,(H,28,29)(H,30,34)(H,31,32,33). The fourth-order valence-electron chi connectivity index (χ4n) is 3.72. The highest BCUT2D eigenvalue weighted by Crippen LogP contribution is 2.37. The number of fused-ring (bicyclic) bond motifs is 2. The van der Waals surface area contributed by atoms with E-state index in [-0.39, 0.29) is 5.82 Å². The Balaban J connectivity index is 1.86. The Hall–Kier alpha value is -4.09. The summed E-state index contributed by atoms with van der Waals surface area (Å²) in [6.07, 6.45) is -1.08. The third-order valence-corrected chi connectivity index (χ3v) is 5.56. The number of methoxy groups -OCH3 is 2. The molecule has 3 aromatic heterocycles. The van der Waals surface area contributed by atoms with Crippen molar-refractivity contribution in [3.8, 4) is 22.9 Å². The highest BCUT2D eigenvalue weighted by Gasteiger charge is 2.34. The molecule has 3 N–H and O–H groups in total. The van der Waals surface area contributed by atoms with Gasteiger partial charge in [0.2, 0.25) is 5.91 Å². The number of halogens is 3. The lowest BCUT2D eigenvalue weighted by Gasteiger charge is -2.27. The first-order valence-electron chi connectivity index (χ1n) is 10.9. The van der Waals surface area contributed by atoms with Crippen molar-refractivity contribution in [3.63, 3.8) is 0 Å². The Morgan fingerprint density at radius 2 is 1.75 bits per heavy atom. The van der Waals surface area contributed by atoms with Crippen molar-refractivity contribution in [1.82, 2.24) is 25.3 Å². The van der Waals surface area contributed by atoms with Crippen LogP contribution in [0.2, 0.25) is 0 Å². The number of aromatic amines is 1. The van der Waals surface area contributed by atoms with Gasteiger partial charge < -0.3 is 25.1 Å². The molecule has 0 fully saturated rings. The smallest absolute Gasteiger partial charge is 0.405 e. The van der Waals surface area contributed by atoms with Gasteiger partial charge in [-0.2, -0.15) is 13.2 Å². The minimum atomic E-state index is -4.54. The zero-order chi connectivity index (χ0) is 26.3. The van der Waals surface area contributed by atoms with E-state index in [4.69, 9.17) is 14.5 Å². The molecule has 0 aliphatic heterocycles. The molecule has 0 aliphatic rings. The number of hydrogen-bond donors (Lipinski definition) is 3. The van der Waals surface area contributed by atoms with Crippen molar-refractivity contribution < 1.29 is 27.4 Å². The van der Waals surface area contributed by atoms with E-state index in [1.165, 1.54) is 28.1 Å². The number of carbonyl (C=O) groups is 1. The Labute approximate surface area is 204 Å². The Bertz CT molecular complexity index is 1450. The van der Waals surface area contributed by atoms with Gasteiger partial charge >= 0.3 is 6.18 Å². The molecule has 0 bridgehead atoms. The van der Waals surface area contributed by atoms with E-state index < -0.39 is 24.2 Å². The second-order valence-corrected chi connectivity index (χ2v) is 8.78. The van der Waals surface area contributed by atoms with E-state index in [1.54, 1.807) is 24.5 Å². The topological polar surface area (TPSA) is 114 Å². The molecule has 0 atom stereocenters. The predicted octanol–water partition coefficient (Wildman–Crippen LogP) is 4.37. The molecule has 190 valence electrons. The predicted molar refractivity (Wildman–Crippen MR) is 129 cm³/mol. The summed E-state index contributed by atoms with van der Waals surface area (Å²) < 4.78 is 48.8. The summed E-state index contributed by atoms with van der Waals surface area (Å²) in [6, 6.07) is 5.25. The molecular formula is C24H25F3N6O3. The molecule has 4 rings (SSSR count). The zero-order valence-corrected chi connectivity index (χ0v) is 20.3. The van der Waals surface area contributed by atoms with Crippen LogP contribution in [0.1, 0.15) is 19.4 Å². The summed E-state index contributed by atoms with van der Waals surface area (Å²) in [4.78, 5) is 29.5. The van der Waals surface area contributed by atoms with E-state index >= 15 is 0 Å². The second-order valence-electron chi connectivity index (χ2n) is 8.78. The van der Waals surface area contributed by atoms with Crippen molar-refractivity contribution in [1.29, 1.82) is 0 Å². The lowest BCUT2D eigenvalue weighted by molar-refractivity contribution is -0.140. The molecule has 0 radical (unpaired) electrons. The van der Waals surface area contributed by atoms with Gasteiger partial charge in [-0.05, 0) is 38.5 Å². The maximum absolute atomic E-state index is 12.7. The monoisotopic (exact) mass is 502 g/mol. The number of aryl methyl sites for hydroxylation is 1.